The number of hydrogen-bond acceptors (Lipinski definition) is 10. The monoisotopic (exact) mass is 1360 g/mol. The van der Waals surface area contributed by atoms with Gasteiger partial charge in [0.05, 0.1) is 63.6 Å². The summed E-state index contributed by atoms with van der Waals surface area (Å²) in [6.07, 6.45) is 27.0. The van der Waals surface area contributed by atoms with Crippen LogP contribution in [0.3, 0.4) is 0 Å². The number of hydrogen-bond donors (Lipinski definition) is 1. The first-order valence-electron chi connectivity index (χ1n) is 37.3. The molecule has 0 aromatic heterocycles. The summed E-state index contributed by atoms with van der Waals surface area (Å²) in [6.45, 7) is 28.5. The second kappa shape index (κ2) is 44.8. The normalized spacial score (nSPS) is 18.5. The Kier molecular flexibility index (Phi) is 38.9. The quantitative estimate of drug-likeness (QED) is 0.0338. The van der Waals surface area contributed by atoms with Gasteiger partial charge >= 0.3 is 0 Å². The molecule has 1 aliphatic rings. The van der Waals surface area contributed by atoms with Gasteiger partial charge in [0.2, 0.25) is 10.0 Å². The summed E-state index contributed by atoms with van der Waals surface area (Å²) < 4.78 is 91.9. The maximum atomic E-state index is 15.2. The third kappa shape index (κ3) is 31.8. The van der Waals surface area contributed by atoms with Crippen LogP contribution in [-0.2, 0) is 73.7 Å². The number of rotatable bonds is 52. The Morgan fingerprint density at radius 3 is 1.19 bits per heavy atom. The highest BCUT2D eigenvalue weighted by molar-refractivity contribution is 7.89. The molecule has 0 bridgehead atoms. The molecule has 0 saturated carbocycles. The van der Waals surface area contributed by atoms with Crippen molar-refractivity contribution in [3.63, 3.8) is 0 Å². The Hall–Kier alpha value is -3.10. The summed E-state index contributed by atoms with van der Waals surface area (Å²) in [4.78, 5) is 0. The van der Waals surface area contributed by atoms with Gasteiger partial charge in [-0.05, 0) is 71.4 Å². The van der Waals surface area contributed by atoms with Crippen LogP contribution in [0.25, 0.3) is 0 Å². The first-order chi connectivity index (χ1) is 45.1. The number of nitrogens with one attached hydrogen (secondary N) is 1. The van der Waals surface area contributed by atoms with Crippen LogP contribution in [0.1, 0.15) is 251 Å². The molecular formula is C80H133NO10SSi2. The molecule has 0 spiro atoms. The van der Waals surface area contributed by atoms with Crippen molar-refractivity contribution in [3.8, 4) is 0 Å². The lowest BCUT2D eigenvalue weighted by atomic mass is 9.97. The van der Waals surface area contributed by atoms with E-state index in [9.17, 15) is 0 Å². The van der Waals surface area contributed by atoms with Crippen LogP contribution < -0.4 is 4.72 Å². The first kappa shape index (κ1) is 81.6. The Balaban J connectivity index is 1.55. The second-order valence-electron chi connectivity index (χ2n) is 30.2. The Labute approximate surface area is 576 Å². The molecule has 2 unspecified atom stereocenters. The lowest BCUT2D eigenvalue weighted by Crippen LogP contribution is -2.63. The van der Waals surface area contributed by atoms with Gasteiger partial charge in [-0.3, -0.25) is 0 Å². The smallest absolute Gasteiger partial charge is 0.212 e. The van der Waals surface area contributed by atoms with Gasteiger partial charge in [0.15, 0.2) is 22.9 Å². The van der Waals surface area contributed by atoms with Gasteiger partial charge in [0.1, 0.15) is 24.4 Å². The molecule has 532 valence electrons. The summed E-state index contributed by atoms with van der Waals surface area (Å²) in [7, 11) is -9.13. The molecule has 1 heterocycles. The molecule has 8 atom stereocenters. The van der Waals surface area contributed by atoms with Gasteiger partial charge < -0.3 is 37.3 Å². The number of ether oxygens (including phenoxy) is 6. The van der Waals surface area contributed by atoms with Gasteiger partial charge in [-0.25, -0.2) is 13.1 Å². The minimum absolute atomic E-state index is 0.000240. The molecule has 0 radical (unpaired) electrons. The van der Waals surface area contributed by atoms with Crippen LogP contribution in [0.4, 0.5) is 0 Å². The van der Waals surface area contributed by atoms with E-state index < -0.39 is 75.6 Å². The van der Waals surface area contributed by atoms with E-state index in [1.54, 1.807) is 0 Å². The molecule has 1 N–H and O–H groups in total. The third-order valence-electron chi connectivity index (χ3n) is 20.0. The molecule has 94 heavy (non-hydrogen) atoms. The Morgan fingerprint density at radius 1 is 0.436 bits per heavy atom. The minimum atomic E-state index is -3.92. The third-order valence-corrected chi connectivity index (χ3v) is 30.4. The fourth-order valence-corrected chi connectivity index (χ4v) is 16.1. The van der Waals surface area contributed by atoms with Gasteiger partial charge in [-0.15, -0.1) is 0 Å². The van der Waals surface area contributed by atoms with E-state index in [0.29, 0.717) is 13.0 Å². The SMILES string of the molecule is CCCCCCCCCCCCCCCCS(=O)(=O)N[C@@H](CO[C@H]1OC(COCc2ccccc2)[C@H](OCc2ccccc2)[C@@H](OCc2ccccc2)C1OCc1ccccc1)[C@H](O[Si](C)(C)C(C)(C)C)[C@@H](CCCCCCCCCCCCCC)O[Si](C)(C)C(C)(C)C. The zero-order valence-electron chi connectivity index (χ0n) is 61.2. The maximum absolute atomic E-state index is 15.2. The summed E-state index contributed by atoms with van der Waals surface area (Å²) in [5, 5.41) is -0.345. The van der Waals surface area contributed by atoms with Crippen LogP contribution in [0.2, 0.25) is 36.3 Å². The summed E-state index contributed by atoms with van der Waals surface area (Å²) in [6, 6.07) is 39.7. The number of sulfonamides is 1. The molecule has 5 rings (SSSR count). The molecule has 0 aliphatic carbocycles. The zero-order chi connectivity index (χ0) is 68.0. The van der Waals surface area contributed by atoms with Crippen molar-refractivity contribution < 1.29 is 45.7 Å². The Morgan fingerprint density at radius 2 is 0.787 bits per heavy atom. The van der Waals surface area contributed by atoms with E-state index in [4.69, 9.17) is 37.3 Å². The summed E-state index contributed by atoms with van der Waals surface area (Å²) >= 11 is 0. The van der Waals surface area contributed by atoms with Crippen molar-refractivity contribution in [1.29, 1.82) is 0 Å². The van der Waals surface area contributed by atoms with Crippen molar-refractivity contribution >= 4 is 26.7 Å². The standard InChI is InChI=1S/C80H133NO10SSi2/c1-13-15-17-19-21-23-25-27-28-30-32-34-36-50-60-92(82,83)81-71(74(91-94(11,12)80(6,7)8)72(90-93(9,10)79(3,4)5)59-49-35-33-31-29-26-24-22-20-18-16-14-2)65-88-78-77(87-64-70-57-47-40-48-58-70)76(86-63-69-55-45-39-46-56-69)75(85-62-68-53-43-38-44-54-68)73(89-78)66-84-61-67-51-41-37-42-52-67/h37-48,51-58,71-78,81H,13-36,49-50,59-66H2,1-12H3/t71-,72+,73?,74-,75-,76+,77?,78-/m0/s1. The largest absolute Gasteiger partial charge is 0.411 e. The number of unbranched alkanes of at least 4 members (excludes halogenated alkanes) is 24. The first-order valence-corrected chi connectivity index (χ1v) is 44.8. The van der Waals surface area contributed by atoms with Crippen molar-refractivity contribution in [2.75, 3.05) is 19.0 Å². The zero-order valence-corrected chi connectivity index (χ0v) is 64.0. The van der Waals surface area contributed by atoms with E-state index in [0.717, 1.165) is 67.2 Å². The Bertz CT molecular complexity index is 2620. The van der Waals surface area contributed by atoms with E-state index >= 15 is 8.42 Å². The van der Waals surface area contributed by atoms with E-state index in [1.165, 1.54) is 122 Å². The van der Waals surface area contributed by atoms with E-state index in [-0.39, 0.29) is 48.9 Å². The van der Waals surface area contributed by atoms with Crippen LogP contribution in [0.5, 0.6) is 0 Å². The average Bonchev–Trinajstić information content (AvgIpc) is 0.802. The van der Waals surface area contributed by atoms with Gasteiger partial charge in [-0.2, -0.15) is 0 Å². The molecule has 1 fully saturated rings. The molecular weight excluding hydrogens is 1220 g/mol. The van der Waals surface area contributed by atoms with Gasteiger partial charge in [0, 0.05) is 0 Å². The van der Waals surface area contributed by atoms with Crippen molar-refractivity contribution in [2.24, 2.45) is 0 Å². The van der Waals surface area contributed by atoms with E-state index in [1.807, 2.05) is 84.9 Å². The molecule has 1 aliphatic heterocycles. The molecule has 11 nitrogen and oxygen atoms in total. The van der Waals surface area contributed by atoms with Crippen LogP contribution in [0, 0.1) is 0 Å². The highest BCUT2D eigenvalue weighted by Crippen LogP contribution is 2.42. The topological polar surface area (TPSA) is 120 Å². The van der Waals surface area contributed by atoms with Crippen LogP contribution in [0.15, 0.2) is 121 Å². The maximum Gasteiger partial charge on any atom is 0.212 e. The lowest BCUT2D eigenvalue weighted by Gasteiger charge is -2.48. The van der Waals surface area contributed by atoms with Gasteiger partial charge in [0.25, 0.3) is 0 Å². The fourth-order valence-electron chi connectivity index (χ4n) is 12.0. The fraction of sp³-hybridized carbons (Fsp3) is 0.700. The van der Waals surface area contributed by atoms with Gasteiger partial charge in [-0.1, -0.05) is 337 Å². The molecule has 4 aromatic carbocycles. The second-order valence-corrected chi connectivity index (χ2v) is 41.6. The van der Waals surface area contributed by atoms with Crippen molar-refractivity contribution in [2.45, 2.75) is 340 Å². The van der Waals surface area contributed by atoms with Crippen LogP contribution in [-0.4, -0.2) is 93.0 Å². The average molecular weight is 1360 g/mol. The van der Waals surface area contributed by atoms with Crippen molar-refractivity contribution in [3.05, 3.63) is 144 Å². The van der Waals surface area contributed by atoms with Crippen molar-refractivity contribution in [1.82, 2.24) is 4.72 Å². The summed E-state index contributed by atoms with van der Waals surface area (Å²) in [5.74, 6) is 0.000240. The highest BCUT2D eigenvalue weighted by atomic mass is 32.2. The molecule has 1 saturated heterocycles. The molecule has 14 heteroatoms. The highest BCUT2D eigenvalue weighted by Gasteiger charge is 2.51. The lowest BCUT2D eigenvalue weighted by molar-refractivity contribution is -0.329. The molecule has 0 amide bonds. The predicted octanol–water partition coefficient (Wildman–Crippen LogP) is 21.3. The number of benzene rings is 4. The summed E-state index contributed by atoms with van der Waals surface area (Å²) in [5.41, 5.74) is 4.00. The van der Waals surface area contributed by atoms with E-state index in [2.05, 4.69) is 123 Å². The molecule has 4 aromatic rings. The van der Waals surface area contributed by atoms with Crippen LogP contribution >= 0.6 is 0 Å². The minimum Gasteiger partial charge on any atom is -0.411 e. The predicted molar refractivity (Wildman–Crippen MR) is 397 cm³/mol.